The fraction of sp³-hybridized carbons (Fsp3) is 0.188. The molecule has 1 N–H and O–H groups in total. The third-order valence-corrected chi connectivity index (χ3v) is 3.61. The molecule has 0 heterocycles. The number of anilines is 1. The first-order chi connectivity index (χ1) is 9.51. The maximum absolute atomic E-state index is 13.2. The number of hydrogen-bond donors (Lipinski definition) is 1. The van der Waals surface area contributed by atoms with Gasteiger partial charge in [-0.15, -0.1) is 0 Å². The summed E-state index contributed by atoms with van der Waals surface area (Å²) in [6.07, 6.45) is 0.817. The van der Waals surface area contributed by atoms with Gasteiger partial charge in [-0.1, -0.05) is 22.9 Å². The van der Waals surface area contributed by atoms with Crippen LogP contribution < -0.4 is 5.32 Å². The Hall–Kier alpha value is -1.68. The van der Waals surface area contributed by atoms with E-state index >= 15 is 0 Å². The Morgan fingerprint density at radius 3 is 2.65 bits per heavy atom. The first-order valence-electron chi connectivity index (χ1n) is 6.37. The molecule has 1 amide bonds. The minimum Gasteiger partial charge on any atom is -0.322 e. The van der Waals surface area contributed by atoms with E-state index in [1.807, 2.05) is 25.1 Å². The second kappa shape index (κ2) is 6.18. The van der Waals surface area contributed by atoms with Gasteiger partial charge in [0.25, 0.3) is 5.91 Å². The maximum atomic E-state index is 13.2. The first-order valence-corrected chi connectivity index (χ1v) is 7.16. The van der Waals surface area contributed by atoms with Crippen LogP contribution in [-0.2, 0) is 6.42 Å². The fourth-order valence-electron chi connectivity index (χ4n) is 1.96. The van der Waals surface area contributed by atoms with Crippen LogP contribution >= 0.6 is 15.9 Å². The van der Waals surface area contributed by atoms with Gasteiger partial charge in [-0.05, 0) is 60.9 Å². The number of amides is 1. The third-order valence-electron chi connectivity index (χ3n) is 3.12. The normalized spacial score (nSPS) is 10.4. The highest BCUT2D eigenvalue weighted by Crippen LogP contribution is 2.22. The van der Waals surface area contributed by atoms with Crippen LogP contribution in [0.1, 0.15) is 28.4 Å². The number of halogens is 2. The van der Waals surface area contributed by atoms with Gasteiger partial charge in [0.2, 0.25) is 0 Å². The van der Waals surface area contributed by atoms with Gasteiger partial charge >= 0.3 is 0 Å². The molecule has 0 saturated heterocycles. The SMILES string of the molecule is CCc1cc(Br)ccc1NC(=O)c1ccc(F)c(C)c1. The molecule has 0 saturated carbocycles. The number of hydrogen-bond acceptors (Lipinski definition) is 1. The van der Waals surface area contributed by atoms with Crippen molar-refractivity contribution < 1.29 is 9.18 Å². The van der Waals surface area contributed by atoms with Crippen molar-refractivity contribution in [3.8, 4) is 0 Å². The van der Waals surface area contributed by atoms with E-state index in [1.54, 1.807) is 13.0 Å². The number of rotatable bonds is 3. The molecule has 0 radical (unpaired) electrons. The van der Waals surface area contributed by atoms with Gasteiger partial charge < -0.3 is 5.32 Å². The van der Waals surface area contributed by atoms with E-state index in [2.05, 4.69) is 21.2 Å². The average molecular weight is 336 g/mol. The van der Waals surface area contributed by atoms with Crippen LogP contribution in [0.2, 0.25) is 0 Å². The molecule has 0 unspecified atom stereocenters. The minimum absolute atomic E-state index is 0.231. The lowest BCUT2D eigenvalue weighted by molar-refractivity contribution is 0.102. The number of carbonyl (C=O) groups excluding carboxylic acids is 1. The Kier molecular flexibility index (Phi) is 4.55. The van der Waals surface area contributed by atoms with E-state index in [-0.39, 0.29) is 11.7 Å². The Morgan fingerprint density at radius 1 is 1.25 bits per heavy atom. The van der Waals surface area contributed by atoms with Crippen LogP contribution in [0.3, 0.4) is 0 Å². The predicted molar refractivity (Wildman–Crippen MR) is 82.6 cm³/mol. The smallest absolute Gasteiger partial charge is 0.255 e. The van der Waals surface area contributed by atoms with Crippen molar-refractivity contribution in [2.75, 3.05) is 5.32 Å². The van der Waals surface area contributed by atoms with Gasteiger partial charge in [0, 0.05) is 15.7 Å². The molecule has 0 bridgehead atoms. The highest BCUT2D eigenvalue weighted by atomic mass is 79.9. The maximum Gasteiger partial charge on any atom is 0.255 e. The Bertz CT molecular complexity index is 655. The summed E-state index contributed by atoms with van der Waals surface area (Å²) in [7, 11) is 0. The second-order valence-electron chi connectivity index (χ2n) is 4.57. The van der Waals surface area contributed by atoms with E-state index in [0.29, 0.717) is 11.1 Å². The zero-order valence-electron chi connectivity index (χ0n) is 11.3. The quantitative estimate of drug-likeness (QED) is 0.864. The summed E-state index contributed by atoms with van der Waals surface area (Å²) in [5.41, 5.74) is 2.74. The molecule has 0 fully saturated rings. The molecule has 2 aromatic rings. The largest absolute Gasteiger partial charge is 0.322 e. The zero-order chi connectivity index (χ0) is 14.7. The molecule has 0 atom stereocenters. The summed E-state index contributed by atoms with van der Waals surface area (Å²) in [5, 5.41) is 2.87. The van der Waals surface area contributed by atoms with Crippen LogP contribution in [0.4, 0.5) is 10.1 Å². The molecule has 104 valence electrons. The van der Waals surface area contributed by atoms with Gasteiger partial charge in [-0.25, -0.2) is 4.39 Å². The molecule has 4 heteroatoms. The van der Waals surface area contributed by atoms with Crippen LogP contribution in [-0.4, -0.2) is 5.91 Å². The Balaban J connectivity index is 2.25. The van der Waals surface area contributed by atoms with Crippen LogP contribution in [0.5, 0.6) is 0 Å². The molecular weight excluding hydrogens is 321 g/mol. The van der Waals surface area contributed by atoms with E-state index in [4.69, 9.17) is 0 Å². The standard InChI is InChI=1S/C16H15BrFNO/c1-3-11-9-13(17)5-7-15(11)19-16(20)12-4-6-14(18)10(2)8-12/h4-9H,3H2,1-2H3,(H,19,20). The molecule has 0 aliphatic carbocycles. The molecule has 2 nitrogen and oxygen atoms in total. The van der Waals surface area contributed by atoms with E-state index in [0.717, 1.165) is 22.1 Å². The van der Waals surface area contributed by atoms with Gasteiger partial charge in [-0.3, -0.25) is 4.79 Å². The highest BCUT2D eigenvalue weighted by molar-refractivity contribution is 9.10. The van der Waals surface area contributed by atoms with Gasteiger partial charge in [0.05, 0.1) is 0 Å². The summed E-state index contributed by atoms with van der Waals surface area (Å²) in [4.78, 5) is 12.2. The summed E-state index contributed by atoms with van der Waals surface area (Å²) in [5.74, 6) is -0.537. The second-order valence-corrected chi connectivity index (χ2v) is 5.49. The zero-order valence-corrected chi connectivity index (χ0v) is 12.9. The topological polar surface area (TPSA) is 29.1 Å². The molecule has 2 rings (SSSR count). The molecular formula is C16H15BrFNO. The lowest BCUT2D eigenvalue weighted by atomic mass is 10.1. The van der Waals surface area contributed by atoms with Crippen molar-refractivity contribution in [3.05, 3.63) is 63.4 Å². The van der Waals surface area contributed by atoms with Crippen LogP contribution in [0.25, 0.3) is 0 Å². The Morgan fingerprint density at radius 2 is 2.00 bits per heavy atom. The van der Waals surface area contributed by atoms with Crippen molar-refractivity contribution in [2.45, 2.75) is 20.3 Å². The van der Waals surface area contributed by atoms with E-state index < -0.39 is 0 Å². The summed E-state index contributed by atoms with van der Waals surface area (Å²) < 4.78 is 14.2. The van der Waals surface area contributed by atoms with Crippen LogP contribution in [0, 0.1) is 12.7 Å². The predicted octanol–water partition coefficient (Wildman–Crippen LogP) is 4.71. The molecule has 0 aliphatic rings. The summed E-state index contributed by atoms with van der Waals surface area (Å²) in [6, 6.07) is 10.1. The first kappa shape index (κ1) is 14.7. The van der Waals surface area contributed by atoms with Gasteiger partial charge in [0.15, 0.2) is 0 Å². The number of benzene rings is 2. The van der Waals surface area contributed by atoms with Crippen LogP contribution in [0.15, 0.2) is 40.9 Å². The summed E-state index contributed by atoms with van der Waals surface area (Å²) in [6.45, 7) is 3.67. The van der Waals surface area contributed by atoms with E-state index in [9.17, 15) is 9.18 Å². The number of carbonyl (C=O) groups is 1. The molecule has 0 aromatic heterocycles. The monoisotopic (exact) mass is 335 g/mol. The molecule has 0 aliphatic heterocycles. The van der Waals surface area contributed by atoms with Crippen molar-refractivity contribution in [1.82, 2.24) is 0 Å². The molecule has 2 aromatic carbocycles. The highest BCUT2D eigenvalue weighted by Gasteiger charge is 2.10. The lowest BCUT2D eigenvalue weighted by Crippen LogP contribution is -2.13. The fourth-order valence-corrected chi connectivity index (χ4v) is 2.37. The molecule has 0 spiro atoms. The van der Waals surface area contributed by atoms with E-state index in [1.165, 1.54) is 12.1 Å². The average Bonchev–Trinajstić information content (AvgIpc) is 2.43. The third kappa shape index (κ3) is 3.25. The van der Waals surface area contributed by atoms with Crippen molar-refractivity contribution in [3.63, 3.8) is 0 Å². The minimum atomic E-state index is -0.306. The van der Waals surface area contributed by atoms with Crippen molar-refractivity contribution in [1.29, 1.82) is 0 Å². The van der Waals surface area contributed by atoms with Crippen molar-refractivity contribution in [2.24, 2.45) is 0 Å². The lowest BCUT2D eigenvalue weighted by Gasteiger charge is -2.11. The summed E-state index contributed by atoms with van der Waals surface area (Å²) >= 11 is 3.41. The number of nitrogens with one attached hydrogen (secondary N) is 1. The van der Waals surface area contributed by atoms with Gasteiger partial charge in [-0.2, -0.15) is 0 Å². The van der Waals surface area contributed by atoms with Crippen molar-refractivity contribution >= 4 is 27.5 Å². The molecule has 20 heavy (non-hydrogen) atoms. The van der Waals surface area contributed by atoms with Gasteiger partial charge in [0.1, 0.15) is 5.82 Å². The number of aryl methyl sites for hydroxylation is 2. The Labute approximate surface area is 126 Å².